The van der Waals surface area contributed by atoms with Gasteiger partial charge in [-0.3, -0.25) is 13.9 Å². The van der Waals surface area contributed by atoms with Crippen LogP contribution in [0.2, 0.25) is 0 Å². The monoisotopic (exact) mass is 443 g/mol. The molecule has 8 heteroatoms. The number of nitrogens with one attached hydrogen (secondary N) is 2. The summed E-state index contributed by atoms with van der Waals surface area (Å²) in [5.41, 5.74) is 2.46. The Balaban J connectivity index is 1.78. The Morgan fingerprint density at radius 3 is 2.29 bits per heavy atom. The van der Waals surface area contributed by atoms with Crippen LogP contribution in [0.5, 0.6) is 0 Å². The molecule has 1 heterocycles. The van der Waals surface area contributed by atoms with Crippen molar-refractivity contribution in [3.63, 3.8) is 0 Å². The van der Waals surface area contributed by atoms with Crippen molar-refractivity contribution in [1.29, 1.82) is 0 Å². The van der Waals surface area contributed by atoms with Crippen molar-refractivity contribution in [3.8, 4) is 0 Å². The Kier molecular flexibility index (Phi) is 7.33. The average molecular weight is 444 g/mol. The molecule has 3 rings (SSSR count). The van der Waals surface area contributed by atoms with Gasteiger partial charge in [0.05, 0.1) is 10.6 Å². The molecule has 1 saturated heterocycles. The Labute approximate surface area is 183 Å². The molecule has 7 nitrogen and oxygen atoms in total. The van der Waals surface area contributed by atoms with Crippen molar-refractivity contribution in [3.05, 3.63) is 59.7 Å². The summed E-state index contributed by atoms with van der Waals surface area (Å²) in [5.74, 6) is -0.535. The highest BCUT2D eigenvalue weighted by Crippen LogP contribution is 2.25. The first-order valence-electron chi connectivity index (χ1n) is 10.5. The van der Waals surface area contributed by atoms with Crippen LogP contribution in [0.4, 0.5) is 5.69 Å². The van der Waals surface area contributed by atoms with Gasteiger partial charge in [0, 0.05) is 19.5 Å². The van der Waals surface area contributed by atoms with Gasteiger partial charge >= 0.3 is 0 Å². The van der Waals surface area contributed by atoms with E-state index in [1.54, 1.807) is 36.4 Å². The van der Waals surface area contributed by atoms with Crippen LogP contribution >= 0.6 is 0 Å². The van der Waals surface area contributed by atoms with Gasteiger partial charge < -0.3 is 10.6 Å². The number of hydrogen-bond acceptors (Lipinski definition) is 4. The molecule has 2 aromatic rings. The van der Waals surface area contributed by atoms with Crippen LogP contribution in [0.3, 0.4) is 0 Å². The highest BCUT2D eigenvalue weighted by atomic mass is 32.2. The van der Waals surface area contributed by atoms with Crippen molar-refractivity contribution in [2.24, 2.45) is 0 Å². The third-order valence-electron chi connectivity index (χ3n) is 5.34. The van der Waals surface area contributed by atoms with Crippen molar-refractivity contribution >= 4 is 27.5 Å². The van der Waals surface area contributed by atoms with Gasteiger partial charge in [0.2, 0.25) is 11.8 Å². The molecule has 2 aromatic carbocycles. The first kappa shape index (κ1) is 22.8. The number of anilines is 1. The first-order valence-corrected chi connectivity index (χ1v) is 11.9. The predicted molar refractivity (Wildman–Crippen MR) is 120 cm³/mol. The molecule has 0 aliphatic carbocycles. The van der Waals surface area contributed by atoms with Crippen molar-refractivity contribution in [2.75, 3.05) is 17.4 Å². The minimum Gasteiger partial charge on any atom is -0.354 e. The summed E-state index contributed by atoms with van der Waals surface area (Å²) in [4.78, 5) is 24.8. The fourth-order valence-electron chi connectivity index (χ4n) is 3.48. The topological polar surface area (TPSA) is 95.6 Å². The van der Waals surface area contributed by atoms with Crippen LogP contribution in [0.1, 0.15) is 36.8 Å². The number of nitrogens with zero attached hydrogens (tertiary/aromatic N) is 1. The van der Waals surface area contributed by atoms with Gasteiger partial charge in [0.25, 0.3) is 10.0 Å². The summed E-state index contributed by atoms with van der Waals surface area (Å²) in [6, 6.07) is 13.2. The van der Waals surface area contributed by atoms with E-state index in [-0.39, 0.29) is 29.7 Å². The van der Waals surface area contributed by atoms with Crippen molar-refractivity contribution in [2.45, 2.75) is 50.5 Å². The van der Waals surface area contributed by atoms with E-state index >= 15 is 0 Å². The second kappa shape index (κ2) is 9.96. The zero-order chi connectivity index (χ0) is 22.4. The predicted octanol–water partition coefficient (Wildman–Crippen LogP) is 2.67. The lowest BCUT2D eigenvalue weighted by Gasteiger charge is -2.25. The van der Waals surface area contributed by atoms with Gasteiger partial charge in [0.1, 0.15) is 6.04 Å². The summed E-state index contributed by atoms with van der Waals surface area (Å²) in [7, 11) is -3.86. The lowest BCUT2D eigenvalue weighted by Crippen LogP contribution is -2.46. The maximum atomic E-state index is 13.4. The molecule has 31 heavy (non-hydrogen) atoms. The molecule has 1 unspecified atom stereocenters. The molecule has 0 aromatic heterocycles. The summed E-state index contributed by atoms with van der Waals surface area (Å²) in [6.07, 6.45) is 2.26. The number of sulfonamides is 1. The van der Waals surface area contributed by atoms with E-state index in [2.05, 4.69) is 10.6 Å². The molecule has 0 spiro atoms. The molecular weight excluding hydrogens is 414 g/mol. The van der Waals surface area contributed by atoms with Crippen LogP contribution in [0.25, 0.3) is 0 Å². The smallest absolute Gasteiger partial charge is 0.264 e. The van der Waals surface area contributed by atoms with Gasteiger partial charge in [-0.15, -0.1) is 0 Å². The number of aryl methyl sites for hydroxylation is 2. The highest BCUT2D eigenvalue weighted by molar-refractivity contribution is 7.92. The van der Waals surface area contributed by atoms with Gasteiger partial charge in [-0.2, -0.15) is 0 Å². The molecule has 1 aliphatic rings. The van der Waals surface area contributed by atoms with Crippen LogP contribution < -0.4 is 14.9 Å². The average Bonchev–Trinajstić information content (AvgIpc) is 2.94. The lowest BCUT2D eigenvalue weighted by molar-refractivity contribution is -0.128. The van der Waals surface area contributed by atoms with Crippen molar-refractivity contribution < 1.29 is 18.0 Å². The normalized spacial score (nSPS) is 16.8. The van der Waals surface area contributed by atoms with Gasteiger partial charge in [0.15, 0.2) is 0 Å². The van der Waals surface area contributed by atoms with E-state index in [0.717, 1.165) is 24.0 Å². The standard InChI is InChI=1S/C23H29N3O4S/c1-17-6-10-19(11-7-17)26(31(29,30)20-12-8-18(2)9-13-20)16-14-22(27)25-21-5-3-4-15-24-23(21)28/h6-13,21H,3-5,14-16H2,1-2H3,(H,24,28)(H,25,27). The van der Waals surface area contributed by atoms with E-state index in [1.807, 2.05) is 26.0 Å². The number of benzene rings is 2. The van der Waals surface area contributed by atoms with E-state index in [9.17, 15) is 18.0 Å². The summed E-state index contributed by atoms with van der Waals surface area (Å²) in [5, 5.41) is 5.54. The summed E-state index contributed by atoms with van der Waals surface area (Å²) >= 11 is 0. The molecular formula is C23H29N3O4S. The molecule has 1 aliphatic heterocycles. The fraction of sp³-hybridized carbons (Fsp3) is 0.391. The largest absolute Gasteiger partial charge is 0.354 e. The van der Waals surface area contributed by atoms with Crippen LogP contribution in [-0.4, -0.2) is 39.4 Å². The van der Waals surface area contributed by atoms with Crippen molar-refractivity contribution in [1.82, 2.24) is 10.6 Å². The molecule has 1 atom stereocenters. The Bertz CT molecular complexity index is 1020. The first-order chi connectivity index (χ1) is 14.8. The summed E-state index contributed by atoms with van der Waals surface area (Å²) in [6.45, 7) is 4.40. The van der Waals surface area contributed by atoms with Crippen LogP contribution in [-0.2, 0) is 19.6 Å². The Morgan fingerprint density at radius 1 is 1.03 bits per heavy atom. The molecule has 166 valence electrons. The Hall–Kier alpha value is -2.87. The zero-order valence-electron chi connectivity index (χ0n) is 17.9. The number of hydrogen-bond donors (Lipinski definition) is 2. The molecule has 0 bridgehead atoms. The summed E-state index contributed by atoms with van der Waals surface area (Å²) < 4.78 is 28.0. The van der Waals surface area contributed by atoms with Crippen LogP contribution in [0.15, 0.2) is 53.4 Å². The second-order valence-corrected chi connectivity index (χ2v) is 9.74. The third kappa shape index (κ3) is 5.85. The van der Waals surface area contributed by atoms with E-state index in [1.165, 1.54) is 4.31 Å². The van der Waals surface area contributed by atoms with Gasteiger partial charge in [-0.05, 0) is 57.4 Å². The van der Waals surface area contributed by atoms with E-state index < -0.39 is 16.1 Å². The quantitative estimate of drug-likeness (QED) is 0.688. The fourth-order valence-corrected chi connectivity index (χ4v) is 4.95. The lowest BCUT2D eigenvalue weighted by atomic mass is 10.1. The molecule has 2 amide bonds. The van der Waals surface area contributed by atoms with Gasteiger partial charge in [-0.1, -0.05) is 35.4 Å². The number of carbonyl (C=O) groups is 2. The SMILES string of the molecule is Cc1ccc(N(CCC(=O)NC2CCCCNC2=O)S(=O)(=O)c2ccc(C)cc2)cc1. The Morgan fingerprint density at radius 2 is 1.65 bits per heavy atom. The zero-order valence-corrected chi connectivity index (χ0v) is 18.7. The van der Waals surface area contributed by atoms with E-state index in [4.69, 9.17) is 0 Å². The maximum absolute atomic E-state index is 13.4. The van der Waals surface area contributed by atoms with Crippen LogP contribution in [0, 0.1) is 13.8 Å². The minimum atomic E-state index is -3.86. The number of rotatable bonds is 7. The minimum absolute atomic E-state index is 0.0283. The molecule has 0 radical (unpaired) electrons. The maximum Gasteiger partial charge on any atom is 0.264 e. The highest BCUT2D eigenvalue weighted by Gasteiger charge is 2.27. The third-order valence-corrected chi connectivity index (χ3v) is 7.18. The number of amides is 2. The molecule has 1 fully saturated rings. The molecule has 2 N–H and O–H groups in total. The number of carbonyl (C=O) groups excluding carboxylic acids is 2. The van der Waals surface area contributed by atoms with E-state index in [0.29, 0.717) is 18.7 Å². The van der Waals surface area contributed by atoms with Gasteiger partial charge in [-0.25, -0.2) is 8.42 Å². The second-order valence-electron chi connectivity index (χ2n) is 7.88. The molecule has 0 saturated carbocycles.